The van der Waals surface area contributed by atoms with Crippen LogP contribution in [0.25, 0.3) is 11.3 Å². The number of hydrogen-bond acceptors (Lipinski definition) is 2. The van der Waals surface area contributed by atoms with E-state index in [0.717, 1.165) is 17.0 Å². The third-order valence-electron chi connectivity index (χ3n) is 1.72. The zero-order chi connectivity index (χ0) is 8.39. The quantitative estimate of drug-likeness (QED) is 0.684. The van der Waals surface area contributed by atoms with Crippen molar-refractivity contribution in [3.05, 3.63) is 36.3 Å². The van der Waals surface area contributed by atoms with E-state index >= 15 is 0 Å². The molecule has 2 rings (SSSR count). The Labute approximate surface area is 70.5 Å². The molecule has 0 unspecified atom stereocenters. The van der Waals surface area contributed by atoms with Crippen LogP contribution in [0.1, 0.15) is 5.69 Å². The summed E-state index contributed by atoms with van der Waals surface area (Å²) in [6.07, 6.45) is 4.62. The molecule has 0 fully saturated rings. The molecule has 0 aliphatic heterocycles. The molecule has 59 valence electrons. The van der Waals surface area contributed by atoms with Gasteiger partial charge in [-0.05, 0) is 19.1 Å². The van der Waals surface area contributed by atoms with E-state index in [-0.39, 0.29) is 0 Å². The van der Waals surface area contributed by atoms with Crippen molar-refractivity contribution in [2.24, 2.45) is 0 Å². The monoisotopic (exact) mass is 158 g/mol. The number of nitrogens with zero attached hydrogens (tertiary/aromatic N) is 2. The topological polar surface area (TPSA) is 41.6 Å². The van der Waals surface area contributed by atoms with Crippen molar-refractivity contribution in [1.29, 1.82) is 0 Å². The molecule has 0 spiro atoms. The summed E-state index contributed by atoms with van der Waals surface area (Å²) in [5.41, 5.74) is 2.90. The summed E-state index contributed by atoms with van der Waals surface area (Å²) >= 11 is 0. The highest BCUT2D eigenvalue weighted by atomic mass is 15.1. The number of nitrogens with one attached hydrogen (secondary N) is 1. The molecule has 2 aromatic heterocycles. The molecule has 0 atom stereocenters. The van der Waals surface area contributed by atoms with Gasteiger partial charge in [-0.1, -0.05) is 6.07 Å². The van der Waals surface area contributed by atoms with Gasteiger partial charge in [0.05, 0.1) is 17.6 Å². The molecule has 3 heteroatoms. The Kier molecular flexibility index (Phi) is 1.63. The van der Waals surface area contributed by atoms with E-state index in [2.05, 4.69) is 21.4 Å². The summed E-state index contributed by atoms with van der Waals surface area (Å²) in [5.74, 6) is 0. The maximum Gasteiger partial charge on any atom is 0.0893 e. The lowest BCUT2D eigenvalue weighted by molar-refractivity contribution is 1.05. The number of aryl methyl sites for hydroxylation is 1. The highest BCUT2D eigenvalue weighted by Gasteiger charge is 2.03. The minimum Gasteiger partial charge on any atom is -0.285 e. The van der Waals surface area contributed by atoms with Crippen LogP contribution in [-0.2, 0) is 0 Å². The second kappa shape index (κ2) is 2.77. The van der Waals surface area contributed by atoms with Crippen LogP contribution in [0.5, 0.6) is 0 Å². The van der Waals surface area contributed by atoms with Crippen LogP contribution < -0.4 is 0 Å². The second-order valence-electron chi connectivity index (χ2n) is 2.54. The second-order valence-corrected chi connectivity index (χ2v) is 2.54. The highest BCUT2D eigenvalue weighted by molar-refractivity contribution is 5.59. The van der Waals surface area contributed by atoms with Gasteiger partial charge in [0.1, 0.15) is 0 Å². The van der Waals surface area contributed by atoms with Crippen LogP contribution in [-0.4, -0.2) is 15.2 Å². The molecule has 3 nitrogen and oxygen atoms in total. The lowest BCUT2D eigenvalue weighted by atomic mass is 10.2. The Bertz CT molecular complexity index is 364. The summed E-state index contributed by atoms with van der Waals surface area (Å²) in [6.45, 7) is 1.94. The normalized spacial score (nSPS) is 10.1. The van der Waals surface area contributed by atoms with Gasteiger partial charge in [0.2, 0.25) is 0 Å². The first-order valence-corrected chi connectivity index (χ1v) is 3.72. The van der Waals surface area contributed by atoms with Gasteiger partial charge in [0.15, 0.2) is 0 Å². The maximum absolute atomic E-state index is 4.10. The molecule has 0 bridgehead atoms. The van der Waals surface area contributed by atoms with Crippen LogP contribution in [0.2, 0.25) is 0 Å². The minimum absolute atomic E-state index is 0.906. The predicted molar refractivity (Wildman–Crippen MR) is 45.4 cm³/mol. The van der Waals surface area contributed by atoms with E-state index < -0.39 is 0 Å². The van der Waals surface area contributed by atoms with Gasteiger partial charge in [-0.2, -0.15) is 5.10 Å². The molecule has 0 saturated heterocycles. The largest absolute Gasteiger partial charge is 0.285 e. The molecule has 0 aliphatic carbocycles. The third-order valence-corrected chi connectivity index (χ3v) is 1.72. The molecule has 0 saturated carbocycles. The van der Waals surface area contributed by atoms with Crippen LogP contribution in [0, 0.1) is 13.1 Å². The minimum atomic E-state index is 0.906. The van der Waals surface area contributed by atoms with E-state index in [1.807, 2.05) is 25.3 Å². The lowest BCUT2D eigenvalue weighted by Crippen LogP contribution is -1.82. The lowest BCUT2D eigenvalue weighted by Gasteiger charge is -1.94. The van der Waals surface area contributed by atoms with E-state index in [9.17, 15) is 0 Å². The van der Waals surface area contributed by atoms with E-state index in [1.54, 1.807) is 6.07 Å². The molecule has 0 amide bonds. The number of hydrogen-bond donors (Lipinski definition) is 1. The van der Waals surface area contributed by atoms with E-state index in [1.165, 1.54) is 0 Å². The Morgan fingerprint density at radius 1 is 1.50 bits per heavy atom. The average Bonchev–Trinajstić information content (AvgIpc) is 2.53. The number of H-pyrrole nitrogens is 1. The highest BCUT2D eigenvalue weighted by Crippen LogP contribution is 2.17. The van der Waals surface area contributed by atoms with E-state index in [0.29, 0.717) is 0 Å². The average molecular weight is 158 g/mol. The van der Waals surface area contributed by atoms with Crippen molar-refractivity contribution < 1.29 is 0 Å². The summed E-state index contributed by atoms with van der Waals surface area (Å²) in [5, 5.41) is 6.81. The third kappa shape index (κ3) is 1.09. The van der Waals surface area contributed by atoms with Gasteiger partial charge >= 0.3 is 0 Å². The van der Waals surface area contributed by atoms with Crippen LogP contribution in [0.3, 0.4) is 0 Å². The van der Waals surface area contributed by atoms with Crippen LogP contribution in [0.4, 0.5) is 0 Å². The zero-order valence-electron chi connectivity index (χ0n) is 6.70. The SMILES string of the molecule is Cc1n[nH]cc1-c1ccc[c]n1. The standard InChI is InChI=1S/C9H8N3/c1-7-8(6-11-12-7)9-4-2-3-5-10-9/h2-4,6H,1H3,(H,11,12). The van der Waals surface area contributed by atoms with Crippen molar-refractivity contribution in [2.45, 2.75) is 6.92 Å². The van der Waals surface area contributed by atoms with Crippen molar-refractivity contribution in [3.8, 4) is 11.3 Å². The molecular weight excluding hydrogens is 150 g/mol. The van der Waals surface area contributed by atoms with Crippen molar-refractivity contribution >= 4 is 0 Å². The van der Waals surface area contributed by atoms with Crippen LogP contribution in [0.15, 0.2) is 24.4 Å². The zero-order valence-corrected chi connectivity index (χ0v) is 6.70. The number of aromatic nitrogens is 3. The molecule has 2 aromatic rings. The summed E-state index contributed by atoms with van der Waals surface area (Å²) in [4.78, 5) is 4.10. The predicted octanol–water partition coefficient (Wildman–Crippen LogP) is 1.58. The van der Waals surface area contributed by atoms with Gasteiger partial charge in [0.25, 0.3) is 0 Å². The van der Waals surface area contributed by atoms with E-state index in [4.69, 9.17) is 0 Å². The van der Waals surface area contributed by atoms with Crippen molar-refractivity contribution in [1.82, 2.24) is 15.2 Å². The number of aromatic amines is 1. The van der Waals surface area contributed by atoms with Crippen LogP contribution >= 0.6 is 0 Å². The molecule has 0 aliphatic rings. The number of rotatable bonds is 1. The summed E-state index contributed by atoms with van der Waals surface area (Å²) in [7, 11) is 0. The Balaban J connectivity index is 2.51. The van der Waals surface area contributed by atoms with Gasteiger partial charge < -0.3 is 0 Å². The molecule has 1 radical (unpaired) electrons. The Morgan fingerprint density at radius 2 is 2.42 bits per heavy atom. The van der Waals surface area contributed by atoms with Crippen molar-refractivity contribution in [3.63, 3.8) is 0 Å². The maximum atomic E-state index is 4.10. The Morgan fingerprint density at radius 3 is 3.00 bits per heavy atom. The fourth-order valence-electron chi connectivity index (χ4n) is 1.09. The van der Waals surface area contributed by atoms with Crippen molar-refractivity contribution in [2.75, 3.05) is 0 Å². The van der Waals surface area contributed by atoms with Gasteiger partial charge in [-0.3, -0.25) is 5.10 Å². The smallest absolute Gasteiger partial charge is 0.0893 e. The molecule has 12 heavy (non-hydrogen) atoms. The molecule has 2 heterocycles. The fraction of sp³-hybridized carbons (Fsp3) is 0.111. The summed E-state index contributed by atoms with van der Waals surface area (Å²) in [6, 6.07) is 5.63. The van der Waals surface area contributed by atoms with Gasteiger partial charge in [-0.25, -0.2) is 4.98 Å². The fourth-order valence-corrected chi connectivity index (χ4v) is 1.09. The number of pyridine rings is 1. The van der Waals surface area contributed by atoms with Gasteiger partial charge in [0, 0.05) is 11.8 Å². The first kappa shape index (κ1) is 7.03. The Hall–Kier alpha value is -1.64. The molecule has 0 aromatic carbocycles. The molecular formula is C9H8N3. The molecule has 1 N–H and O–H groups in total. The summed E-state index contributed by atoms with van der Waals surface area (Å²) < 4.78 is 0. The van der Waals surface area contributed by atoms with Gasteiger partial charge in [-0.15, -0.1) is 0 Å². The first-order valence-electron chi connectivity index (χ1n) is 3.72. The first-order chi connectivity index (χ1) is 5.88.